The van der Waals surface area contributed by atoms with Crippen molar-refractivity contribution in [2.45, 2.75) is 18.2 Å². The van der Waals surface area contributed by atoms with E-state index in [0.29, 0.717) is 0 Å². The van der Waals surface area contributed by atoms with Crippen LogP contribution in [0, 0.1) is 6.92 Å². The van der Waals surface area contributed by atoms with Crippen molar-refractivity contribution in [3.05, 3.63) is 57.6 Å². The van der Waals surface area contributed by atoms with Crippen LogP contribution in [0.25, 0.3) is 0 Å². The van der Waals surface area contributed by atoms with Gasteiger partial charge in [0.1, 0.15) is 16.0 Å². The van der Waals surface area contributed by atoms with Crippen molar-refractivity contribution in [3.8, 4) is 11.5 Å². The van der Waals surface area contributed by atoms with Crippen LogP contribution in [0.5, 0.6) is 11.5 Å². The van der Waals surface area contributed by atoms with Gasteiger partial charge in [0, 0.05) is 10.4 Å². The van der Waals surface area contributed by atoms with E-state index in [1.165, 1.54) is 11.1 Å². The van der Waals surface area contributed by atoms with Crippen LogP contribution in [0.2, 0.25) is 0 Å². The number of rotatable bonds is 5. The maximum absolute atomic E-state index is 5.55. The largest absolute Gasteiger partial charge is 0.495 e. The van der Waals surface area contributed by atoms with E-state index in [1.807, 2.05) is 12.1 Å². The van der Waals surface area contributed by atoms with E-state index in [2.05, 4.69) is 63.0 Å². The van der Waals surface area contributed by atoms with Gasteiger partial charge in [-0.1, -0.05) is 46.3 Å². The van der Waals surface area contributed by atoms with Gasteiger partial charge in [-0.3, -0.25) is 0 Å². The van der Waals surface area contributed by atoms with Crippen molar-refractivity contribution in [2.75, 3.05) is 14.2 Å². The van der Waals surface area contributed by atoms with E-state index in [-0.39, 0.29) is 4.83 Å². The lowest BCUT2D eigenvalue weighted by Gasteiger charge is -2.18. The molecular formula is C17H18Br2O2. The van der Waals surface area contributed by atoms with Crippen molar-refractivity contribution in [2.24, 2.45) is 0 Å². The average molecular weight is 414 g/mol. The van der Waals surface area contributed by atoms with Crippen LogP contribution in [0.3, 0.4) is 0 Å². The Morgan fingerprint density at radius 2 is 1.76 bits per heavy atom. The summed E-state index contributed by atoms with van der Waals surface area (Å²) in [5.74, 6) is 1.58. The standard InChI is InChI=1S/C17H18Br2O2/c1-11-6-4-5-7-12(11)10-14(18)13-8-9-15(20-2)16(19)17(13)21-3/h4-9,14H,10H2,1-3H3. The van der Waals surface area contributed by atoms with Gasteiger partial charge < -0.3 is 9.47 Å². The Kier molecular flexibility index (Phi) is 5.71. The van der Waals surface area contributed by atoms with Gasteiger partial charge in [0.2, 0.25) is 0 Å². The van der Waals surface area contributed by atoms with Crippen LogP contribution < -0.4 is 9.47 Å². The van der Waals surface area contributed by atoms with Crippen LogP contribution in [-0.4, -0.2) is 14.2 Å². The van der Waals surface area contributed by atoms with Crippen LogP contribution in [0.15, 0.2) is 40.9 Å². The number of ether oxygens (including phenoxy) is 2. The van der Waals surface area contributed by atoms with Gasteiger partial charge in [-0.15, -0.1) is 0 Å². The Morgan fingerprint density at radius 1 is 1.05 bits per heavy atom. The molecule has 0 fully saturated rings. The molecule has 2 rings (SSSR count). The fourth-order valence-electron chi connectivity index (χ4n) is 2.31. The molecule has 21 heavy (non-hydrogen) atoms. The highest BCUT2D eigenvalue weighted by atomic mass is 79.9. The minimum Gasteiger partial charge on any atom is -0.495 e. The summed E-state index contributed by atoms with van der Waals surface area (Å²) in [5, 5.41) is 0. The topological polar surface area (TPSA) is 18.5 Å². The van der Waals surface area contributed by atoms with Gasteiger partial charge in [0.25, 0.3) is 0 Å². The lowest BCUT2D eigenvalue weighted by molar-refractivity contribution is 0.386. The third-order valence-corrected chi connectivity index (χ3v) is 5.08. The molecule has 0 aromatic heterocycles. The summed E-state index contributed by atoms with van der Waals surface area (Å²) in [5.41, 5.74) is 3.73. The molecule has 0 radical (unpaired) electrons. The number of hydrogen-bond donors (Lipinski definition) is 0. The number of methoxy groups -OCH3 is 2. The predicted molar refractivity (Wildman–Crippen MR) is 93.8 cm³/mol. The van der Waals surface area contributed by atoms with E-state index in [9.17, 15) is 0 Å². The Labute approximate surface area is 142 Å². The highest BCUT2D eigenvalue weighted by Crippen LogP contribution is 2.43. The fraction of sp³-hybridized carbons (Fsp3) is 0.294. The monoisotopic (exact) mass is 412 g/mol. The number of halogens is 2. The van der Waals surface area contributed by atoms with Crippen molar-refractivity contribution < 1.29 is 9.47 Å². The van der Waals surface area contributed by atoms with E-state index >= 15 is 0 Å². The van der Waals surface area contributed by atoms with E-state index in [1.54, 1.807) is 14.2 Å². The first kappa shape index (κ1) is 16.4. The zero-order chi connectivity index (χ0) is 15.4. The van der Waals surface area contributed by atoms with E-state index in [0.717, 1.165) is 28.0 Å². The first-order chi connectivity index (χ1) is 10.1. The second-order valence-corrected chi connectivity index (χ2v) is 6.70. The third-order valence-electron chi connectivity index (χ3n) is 3.51. The first-order valence-electron chi connectivity index (χ1n) is 6.67. The number of benzene rings is 2. The molecule has 112 valence electrons. The summed E-state index contributed by atoms with van der Waals surface area (Å²) in [6.45, 7) is 2.14. The Hall–Kier alpha value is -1.00. The predicted octanol–water partition coefficient (Wildman–Crippen LogP) is 5.45. The molecule has 0 bridgehead atoms. The van der Waals surface area contributed by atoms with Gasteiger partial charge in [-0.05, 0) is 46.5 Å². The maximum Gasteiger partial charge on any atom is 0.141 e. The Balaban J connectivity index is 2.33. The van der Waals surface area contributed by atoms with Gasteiger partial charge >= 0.3 is 0 Å². The molecule has 0 N–H and O–H groups in total. The summed E-state index contributed by atoms with van der Waals surface area (Å²) in [4.78, 5) is 0.177. The lowest BCUT2D eigenvalue weighted by Crippen LogP contribution is -2.01. The average Bonchev–Trinajstić information content (AvgIpc) is 2.49. The van der Waals surface area contributed by atoms with Crippen molar-refractivity contribution in [1.82, 2.24) is 0 Å². The molecule has 0 spiro atoms. The first-order valence-corrected chi connectivity index (χ1v) is 8.38. The molecule has 2 nitrogen and oxygen atoms in total. The van der Waals surface area contributed by atoms with Gasteiger partial charge in [-0.25, -0.2) is 0 Å². The summed E-state index contributed by atoms with van der Waals surface area (Å²) in [6.07, 6.45) is 0.905. The number of alkyl halides is 1. The molecule has 1 atom stereocenters. The van der Waals surface area contributed by atoms with Crippen molar-refractivity contribution in [3.63, 3.8) is 0 Å². The minimum absolute atomic E-state index is 0.177. The molecule has 0 amide bonds. The third kappa shape index (κ3) is 3.61. The quantitative estimate of drug-likeness (QED) is 0.606. The second-order valence-electron chi connectivity index (χ2n) is 4.80. The van der Waals surface area contributed by atoms with Gasteiger partial charge in [0.15, 0.2) is 0 Å². The molecule has 2 aromatic carbocycles. The normalized spacial score (nSPS) is 12.0. The van der Waals surface area contributed by atoms with Crippen molar-refractivity contribution >= 4 is 31.9 Å². The van der Waals surface area contributed by atoms with Crippen molar-refractivity contribution in [1.29, 1.82) is 0 Å². The Morgan fingerprint density at radius 3 is 2.38 bits per heavy atom. The summed E-state index contributed by atoms with van der Waals surface area (Å²) in [7, 11) is 3.33. The molecule has 0 saturated heterocycles. The molecule has 0 aliphatic rings. The van der Waals surface area contributed by atoms with Crippen LogP contribution in [-0.2, 0) is 6.42 Å². The molecule has 0 aliphatic carbocycles. The summed E-state index contributed by atoms with van der Waals surface area (Å²) >= 11 is 7.34. The summed E-state index contributed by atoms with van der Waals surface area (Å²) in [6, 6.07) is 12.4. The fourth-order valence-corrected chi connectivity index (χ4v) is 3.70. The molecule has 4 heteroatoms. The molecular weight excluding hydrogens is 396 g/mol. The maximum atomic E-state index is 5.55. The van der Waals surface area contributed by atoms with Crippen LogP contribution in [0.4, 0.5) is 0 Å². The molecule has 0 aliphatic heterocycles. The molecule has 0 saturated carbocycles. The number of aryl methyl sites for hydroxylation is 1. The molecule has 0 heterocycles. The van der Waals surface area contributed by atoms with Gasteiger partial charge in [0.05, 0.1) is 14.2 Å². The minimum atomic E-state index is 0.177. The highest BCUT2D eigenvalue weighted by Gasteiger charge is 2.19. The zero-order valence-electron chi connectivity index (χ0n) is 12.3. The van der Waals surface area contributed by atoms with Crippen LogP contribution >= 0.6 is 31.9 Å². The molecule has 1 unspecified atom stereocenters. The summed E-state index contributed by atoms with van der Waals surface area (Å²) < 4.78 is 11.7. The Bertz CT molecular complexity index is 626. The van der Waals surface area contributed by atoms with Gasteiger partial charge in [-0.2, -0.15) is 0 Å². The van der Waals surface area contributed by atoms with E-state index < -0.39 is 0 Å². The SMILES string of the molecule is COc1ccc(C(Br)Cc2ccccc2C)c(OC)c1Br. The second kappa shape index (κ2) is 7.32. The zero-order valence-corrected chi connectivity index (χ0v) is 15.5. The number of hydrogen-bond acceptors (Lipinski definition) is 2. The lowest BCUT2D eigenvalue weighted by atomic mass is 10.00. The van der Waals surface area contributed by atoms with Crippen LogP contribution in [0.1, 0.15) is 21.5 Å². The smallest absolute Gasteiger partial charge is 0.141 e. The van der Waals surface area contributed by atoms with E-state index in [4.69, 9.17) is 9.47 Å². The highest BCUT2D eigenvalue weighted by molar-refractivity contribution is 9.10. The molecule has 2 aromatic rings.